The number of carboxylic acid groups (broad SMARTS) is 1. The van der Waals surface area contributed by atoms with Crippen LogP contribution in [0, 0.1) is 0 Å². The van der Waals surface area contributed by atoms with Gasteiger partial charge in [-0.3, -0.25) is 0 Å². The molecule has 1 aliphatic carbocycles. The molecule has 1 rings (SSSR count). The van der Waals surface area contributed by atoms with Crippen molar-refractivity contribution in [3.05, 3.63) is 12.2 Å². The third-order valence-corrected chi connectivity index (χ3v) is 3.09. The Morgan fingerprint density at radius 2 is 1.88 bits per heavy atom. The Morgan fingerprint density at radius 3 is 2.38 bits per heavy atom. The predicted octanol–water partition coefficient (Wildman–Crippen LogP) is 2.28. The van der Waals surface area contributed by atoms with Gasteiger partial charge in [0.2, 0.25) is 0 Å². The second kappa shape index (κ2) is 5.68. The number of ether oxygens (including phenoxy) is 1. The molecule has 1 N–H and O–H groups in total. The molecule has 0 unspecified atom stereocenters. The molecule has 1 saturated carbocycles. The molecular weight excluding hydrogens is 208 g/mol. The van der Waals surface area contributed by atoms with Gasteiger partial charge in [0.1, 0.15) is 5.60 Å². The van der Waals surface area contributed by atoms with E-state index in [4.69, 9.17) is 9.84 Å². The first-order valence-electron chi connectivity index (χ1n) is 5.72. The Morgan fingerprint density at radius 1 is 1.25 bits per heavy atom. The molecule has 4 heteroatoms. The molecule has 0 aromatic rings. The van der Waals surface area contributed by atoms with Gasteiger partial charge >= 0.3 is 11.9 Å². The van der Waals surface area contributed by atoms with Gasteiger partial charge in [-0.25, -0.2) is 9.59 Å². The molecule has 0 saturated heterocycles. The molecule has 0 aromatic heterocycles. The highest BCUT2D eigenvalue weighted by Gasteiger charge is 2.33. The van der Waals surface area contributed by atoms with Gasteiger partial charge in [-0.1, -0.05) is 13.3 Å². The van der Waals surface area contributed by atoms with Crippen molar-refractivity contribution in [3.8, 4) is 0 Å². The number of carbonyl (C=O) groups is 2. The normalized spacial score (nSPS) is 19.6. The second-order valence-electron chi connectivity index (χ2n) is 4.19. The topological polar surface area (TPSA) is 63.6 Å². The highest BCUT2D eigenvalue weighted by atomic mass is 16.6. The van der Waals surface area contributed by atoms with Gasteiger partial charge in [-0.05, 0) is 32.1 Å². The van der Waals surface area contributed by atoms with Crippen LogP contribution in [0.25, 0.3) is 0 Å². The van der Waals surface area contributed by atoms with Crippen LogP contribution in [0.1, 0.15) is 45.4 Å². The summed E-state index contributed by atoms with van der Waals surface area (Å²) in [5.41, 5.74) is -0.363. The fourth-order valence-corrected chi connectivity index (χ4v) is 2.11. The van der Waals surface area contributed by atoms with E-state index in [1.165, 1.54) is 6.42 Å². The first kappa shape index (κ1) is 12.7. The van der Waals surface area contributed by atoms with E-state index < -0.39 is 11.9 Å². The molecule has 90 valence electrons. The first-order chi connectivity index (χ1) is 7.58. The molecule has 0 radical (unpaired) electrons. The Balaban J connectivity index is 2.55. The molecule has 0 spiro atoms. The quantitative estimate of drug-likeness (QED) is 0.590. The molecule has 0 amide bonds. The van der Waals surface area contributed by atoms with Crippen LogP contribution in [0.5, 0.6) is 0 Å². The van der Waals surface area contributed by atoms with Crippen molar-refractivity contribution >= 4 is 11.9 Å². The summed E-state index contributed by atoms with van der Waals surface area (Å²) in [6.07, 6.45) is 7.69. The Kier molecular flexibility index (Phi) is 4.52. The lowest BCUT2D eigenvalue weighted by Crippen LogP contribution is -2.36. The summed E-state index contributed by atoms with van der Waals surface area (Å²) in [5.74, 6) is -1.68. The Bertz CT molecular complexity index is 287. The van der Waals surface area contributed by atoms with Crippen LogP contribution in [0.3, 0.4) is 0 Å². The van der Waals surface area contributed by atoms with E-state index >= 15 is 0 Å². The summed E-state index contributed by atoms with van der Waals surface area (Å²) in [4.78, 5) is 21.7. The highest BCUT2D eigenvalue weighted by molar-refractivity contribution is 5.90. The molecule has 16 heavy (non-hydrogen) atoms. The number of aliphatic carboxylic acids is 1. The maximum atomic E-state index is 11.4. The fourth-order valence-electron chi connectivity index (χ4n) is 2.11. The predicted molar refractivity (Wildman–Crippen MR) is 59.0 cm³/mol. The smallest absolute Gasteiger partial charge is 0.331 e. The van der Waals surface area contributed by atoms with Crippen LogP contribution < -0.4 is 0 Å². The summed E-state index contributed by atoms with van der Waals surface area (Å²) < 4.78 is 5.39. The van der Waals surface area contributed by atoms with Crippen LogP contribution in [-0.2, 0) is 14.3 Å². The second-order valence-corrected chi connectivity index (χ2v) is 4.19. The molecule has 0 aromatic carbocycles. The minimum Gasteiger partial charge on any atom is -0.478 e. The van der Waals surface area contributed by atoms with Crippen LogP contribution >= 0.6 is 0 Å². The lowest BCUT2D eigenvalue weighted by molar-refractivity contribution is -0.157. The van der Waals surface area contributed by atoms with Gasteiger partial charge in [0.05, 0.1) is 0 Å². The zero-order chi connectivity index (χ0) is 12.0. The number of carboxylic acids is 1. The van der Waals surface area contributed by atoms with E-state index in [-0.39, 0.29) is 5.60 Å². The van der Waals surface area contributed by atoms with Crippen molar-refractivity contribution in [1.29, 1.82) is 0 Å². The van der Waals surface area contributed by atoms with Crippen LogP contribution in [0.15, 0.2) is 12.2 Å². The van der Waals surface area contributed by atoms with Crippen molar-refractivity contribution in [2.45, 2.75) is 51.0 Å². The van der Waals surface area contributed by atoms with Crippen molar-refractivity contribution < 1.29 is 19.4 Å². The maximum absolute atomic E-state index is 11.4. The fraction of sp³-hybridized carbons (Fsp3) is 0.667. The van der Waals surface area contributed by atoms with Gasteiger partial charge in [0.15, 0.2) is 0 Å². The summed E-state index contributed by atoms with van der Waals surface area (Å²) in [5, 5.41) is 8.40. The number of rotatable bonds is 4. The van der Waals surface area contributed by atoms with Crippen LogP contribution in [-0.4, -0.2) is 22.6 Å². The molecule has 0 heterocycles. The zero-order valence-electron chi connectivity index (χ0n) is 9.57. The van der Waals surface area contributed by atoms with Crippen molar-refractivity contribution in [1.82, 2.24) is 0 Å². The standard InChI is InChI=1S/C12H18O4/c1-2-12(8-4-3-5-9-12)16-11(15)7-6-10(13)14/h6-7H,2-5,8-9H2,1H3,(H,13,14)/b7-6-. The summed E-state index contributed by atoms with van der Waals surface area (Å²) >= 11 is 0. The van der Waals surface area contributed by atoms with E-state index in [1.54, 1.807) is 0 Å². The van der Waals surface area contributed by atoms with Crippen molar-refractivity contribution in [2.24, 2.45) is 0 Å². The zero-order valence-corrected chi connectivity index (χ0v) is 9.57. The minimum absolute atomic E-state index is 0.363. The highest BCUT2D eigenvalue weighted by Crippen LogP contribution is 2.34. The van der Waals surface area contributed by atoms with E-state index in [2.05, 4.69) is 0 Å². The minimum atomic E-state index is -1.13. The first-order valence-corrected chi connectivity index (χ1v) is 5.72. The number of hydrogen-bond donors (Lipinski definition) is 1. The summed E-state index contributed by atoms with van der Waals surface area (Å²) in [6.45, 7) is 2.00. The molecule has 1 aliphatic rings. The maximum Gasteiger partial charge on any atom is 0.331 e. The summed E-state index contributed by atoms with van der Waals surface area (Å²) in [7, 11) is 0. The third kappa shape index (κ3) is 3.68. The number of esters is 1. The summed E-state index contributed by atoms with van der Waals surface area (Å²) in [6, 6.07) is 0. The van der Waals surface area contributed by atoms with Crippen molar-refractivity contribution in [2.75, 3.05) is 0 Å². The van der Waals surface area contributed by atoms with E-state index in [9.17, 15) is 9.59 Å². The largest absolute Gasteiger partial charge is 0.478 e. The molecule has 1 fully saturated rings. The van der Waals surface area contributed by atoms with Gasteiger partial charge in [-0.15, -0.1) is 0 Å². The van der Waals surface area contributed by atoms with E-state index in [0.717, 1.165) is 44.3 Å². The van der Waals surface area contributed by atoms with Gasteiger partial charge < -0.3 is 9.84 Å². The van der Waals surface area contributed by atoms with Gasteiger partial charge in [0.25, 0.3) is 0 Å². The Hall–Kier alpha value is -1.32. The monoisotopic (exact) mass is 226 g/mol. The molecule has 4 nitrogen and oxygen atoms in total. The SMILES string of the molecule is CCC1(OC(=O)/C=C\C(=O)O)CCCCC1. The average molecular weight is 226 g/mol. The van der Waals surface area contributed by atoms with E-state index in [1.807, 2.05) is 6.92 Å². The molecule has 0 aliphatic heterocycles. The van der Waals surface area contributed by atoms with Crippen LogP contribution in [0.2, 0.25) is 0 Å². The van der Waals surface area contributed by atoms with Gasteiger partial charge in [-0.2, -0.15) is 0 Å². The Labute approximate surface area is 95.3 Å². The molecular formula is C12H18O4. The molecule has 0 bridgehead atoms. The molecule has 0 atom stereocenters. The number of hydrogen-bond acceptors (Lipinski definition) is 3. The third-order valence-electron chi connectivity index (χ3n) is 3.09. The lowest BCUT2D eigenvalue weighted by atomic mass is 9.83. The van der Waals surface area contributed by atoms with Gasteiger partial charge in [0, 0.05) is 12.2 Å². The average Bonchev–Trinajstić information content (AvgIpc) is 2.28. The van der Waals surface area contributed by atoms with Crippen LogP contribution in [0.4, 0.5) is 0 Å². The number of carbonyl (C=O) groups excluding carboxylic acids is 1. The lowest BCUT2D eigenvalue weighted by Gasteiger charge is -2.35. The van der Waals surface area contributed by atoms with Crippen molar-refractivity contribution in [3.63, 3.8) is 0 Å². The van der Waals surface area contributed by atoms with E-state index in [0.29, 0.717) is 0 Å².